The number of benzene rings is 2. The molecule has 0 atom stereocenters. The van der Waals surface area contributed by atoms with Crippen molar-refractivity contribution in [3.63, 3.8) is 0 Å². The fourth-order valence-electron chi connectivity index (χ4n) is 3.22. The summed E-state index contributed by atoms with van der Waals surface area (Å²) < 4.78 is 9.18. The number of nitrogens with zero attached hydrogens (tertiary/aromatic N) is 4. The van der Waals surface area contributed by atoms with Crippen LogP contribution in [0.1, 0.15) is 5.56 Å². The van der Waals surface area contributed by atoms with E-state index in [0.717, 1.165) is 22.2 Å². The lowest BCUT2D eigenvalue weighted by Gasteiger charge is -2.12. The van der Waals surface area contributed by atoms with E-state index < -0.39 is 0 Å². The normalized spacial score (nSPS) is 10.9. The lowest BCUT2D eigenvalue weighted by atomic mass is 10.1. The van der Waals surface area contributed by atoms with Crippen molar-refractivity contribution in [1.82, 2.24) is 19.3 Å². The number of carbonyl (C=O) groups is 1. The zero-order valence-corrected chi connectivity index (χ0v) is 15.1. The maximum Gasteiger partial charge on any atom is 0.228 e. The molecule has 1 amide bonds. The summed E-state index contributed by atoms with van der Waals surface area (Å²) in [7, 11) is 3.56. The molecular weight excluding hydrogens is 342 g/mol. The zero-order valence-electron chi connectivity index (χ0n) is 15.1. The van der Waals surface area contributed by atoms with Crippen LogP contribution >= 0.6 is 0 Å². The van der Waals surface area contributed by atoms with E-state index >= 15 is 0 Å². The van der Waals surface area contributed by atoms with Crippen LogP contribution in [-0.2, 0) is 18.3 Å². The molecule has 2 aromatic heterocycles. The van der Waals surface area contributed by atoms with Crippen molar-refractivity contribution in [2.24, 2.45) is 7.05 Å². The summed E-state index contributed by atoms with van der Waals surface area (Å²) >= 11 is 0. The Morgan fingerprint density at radius 2 is 1.93 bits per heavy atom. The van der Waals surface area contributed by atoms with Crippen LogP contribution in [0.2, 0.25) is 0 Å². The largest absolute Gasteiger partial charge is 0.495 e. The second-order valence-corrected chi connectivity index (χ2v) is 6.26. The van der Waals surface area contributed by atoms with Gasteiger partial charge in [0.2, 0.25) is 5.91 Å². The van der Waals surface area contributed by atoms with Crippen molar-refractivity contribution in [3.05, 3.63) is 66.9 Å². The topological polar surface area (TPSA) is 74.0 Å². The fourth-order valence-corrected chi connectivity index (χ4v) is 3.22. The number of anilines is 1. The number of fused-ring (bicyclic) bond motifs is 1. The number of carbonyl (C=O) groups excluding carboxylic acids is 1. The molecule has 0 spiro atoms. The highest BCUT2D eigenvalue weighted by Crippen LogP contribution is 2.28. The summed E-state index contributed by atoms with van der Waals surface area (Å²) in [4.78, 5) is 12.7. The molecule has 0 radical (unpaired) electrons. The number of methoxy groups -OCH3 is 1. The first-order chi connectivity index (χ1) is 13.2. The molecule has 27 heavy (non-hydrogen) atoms. The van der Waals surface area contributed by atoms with Gasteiger partial charge in [-0.25, -0.2) is 0 Å². The minimum absolute atomic E-state index is 0.106. The van der Waals surface area contributed by atoms with Crippen LogP contribution in [0.3, 0.4) is 0 Å². The average molecular weight is 361 g/mol. The minimum Gasteiger partial charge on any atom is -0.495 e. The molecule has 2 aromatic carbocycles. The summed E-state index contributed by atoms with van der Waals surface area (Å²) in [6.07, 6.45) is 5.48. The van der Waals surface area contributed by atoms with Gasteiger partial charge in [-0.05, 0) is 29.8 Å². The summed E-state index contributed by atoms with van der Waals surface area (Å²) in [6, 6.07) is 13.6. The molecule has 4 aromatic rings. The number of amides is 1. The van der Waals surface area contributed by atoms with E-state index in [1.807, 2.05) is 60.3 Å². The van der Waals surface area contributed by atoms with Gasteiger partial charge >= 0.3 is 0 Å². The van der Waals surface area contributed by atoms with Crippen LogP contribution in [0.4, 0.5) is 5.69 Å². The average Bonchev–Trinajstić information content (AvgIpc) is 3.31. The van der Waals surface area contributed by atoms with E-state index in [1.54, 1.807) is 24.3 Å². The molecule has 0 fully saturated rings. The number of nitrogens with one attached hydrogen (secondary N) is 1. The van der Waals surface area contributed by atoms with Gasteiger partial charge in [-0.15, -0.1) is 10.2 Å². The number of aryl methyl sites for hydroxylation is 1. The molecule has 7 nitrogen and oxygen atoms in total. The summed E-state index contributed by atoms with van der Waals surface area (Å²) in [5, 5.41) is 11.7. The molecule has 136 valence electrons. The molecule has 0 saturated carbocycles. The summed E-state index contributed by atoms with van der Waals surface area (Å²) in [5.74, 6) is 0.489. The van der Waals surface area contributed by atoms with Gasteiger partial charge in [0.25, 0.3) is 0 Å². The Kier molecular flexibility index (Phi) is 4.33. The van der Waals surface area contributed by atoms with E-state index in [2.05, 4.69) is 15.5 Å². The second-order valence-electron chi connectivity index (χ2n) is 6.26. The van der Waals surface area contributed by atoms with Crippen LogP contribution in [0.15, 0.2) is 61.3 Å². The van der Waals surface area contributed by atoms with Gasteiger partial charge in [0.1, 0.15) is 18.4 Å². The molecule has 0 saturated heterocycles. The van der Waals surface area contributed by atoms with Crippen molar-refractivity contribution in [2.45, 2.75) is 6.42 Å². The van der Waals surface area contributed by atoms with Gasteiger partial charge in [-0.3, -0.25) is 9.36 Å². The number of hydrogen-bond acceptors (Lipinski definition) is 4. The van der Waals surface area contributed by atoms with E-state index in [9.17, 15) is 4.79 Å². The summed E-state index contributed by atoms with van der Waals surface area (Å²) in [5.41, 5.74) is 3.53. The van der Waals surface area contributed by atoms with Gasteiger partial charge < -0.3 is 14.6 Å². The third-order valence-electron chi connectivity index (χ3n) is 4.50. The van der Waals surface area contributed by atoms with E-state index in [1.165, 1.54) is 0 Å². The van der Waals surface area contributed by atoms with Crippen LogP contribution in [0.25, 0.3) is 16.6 Å². The first kappa shape index (κ1) is 16.8. The zero-order chi connectivity index (χ0) is 18.8. The van der Waals surface area contributed by atoms with Crippen LogP contribution in [0.5, 0.6) is 5.75 Å². The third-order valence-corrected chi connectivity index (χ3v) is 4.50. The smallest absolute Gasteiger partial charge is 0.228 e. The first-order valence-corrected chi connectivity index (χ1v) is 8.51. The Morgan fingerprint density at radius 3 is 2.70 bits per heavy atom. The van der Waals surface area contributed by atoms with Gasteiger partial charge in [-0.1, -0.05) is 18.2 Å². The van der Waals surface area contributed by atoms with Gasteiger partial charge in [0.15, 0.2) is 0 Å². The monoisotopic (exact) mass is 361 g/mol. The van der Waals surface area contributed by atoms with Gasteiger partial charge in [0.05, 0.1) is 24.9 Å². The standard InChI is InChI=1S/C20H19N5O2/c1-24-11-14(16-5-3-4-6-18(16)24)9-20(26)23-17-10-15(7-8-19(17)27-2)25-12-21-22-13-25/h3-8,10-13H,9H2,1-2H3,(H,23,26). The summed E-state index contributed by atoms with van der Waals surface area (Å²) in [6.45, 7) is 0. The fraction of sp³-hybridized carbons (Fsp3) is 0.150. The Balaban J connectivity index is 1.59. The highest BCUT2D eigenvalue weighted by Gasteiger charge is 2.13. The second kappa shape index (κ2) is 6.95. The number of ether oxygens (including phenoxy) is 1. The number of aromatic nitrogens is 4. The first-order valence-electron chi connectivity index (χ1n) is 8.51. The van der Waals surface area contributed by atoms with E-state index in [4.69, 9.17) is 4.74 Å². The van der Waals surface area contributed by atoms with Crippen molar-refractivity contribution < 1.29 is 9.53 Å². The van der Waals surface area contributed by atoms with Crippen LogP contribution in [0, 0.1) is 0 Å². The Hall–Kier alpha value is -3.61. The number of para-hydroxylation sites is 1. The van der Waals surface area contributed by atoms with Crippen molar-refractivity contribution in [2.75, 3.05) is 12.4 Å². The molecule has 0 aliphatic rings. The lowest BCUT2D eigenvalue weighted by Crippen LogP contribution is -2.15. The Labute approximate surface area is 156 Å². The predicted molar refractivity (Wildman–Crippen MR) is 103 cm³/mol. The molecule has 0 aliphatic heterocycles. The number of hydrogen-bond donors (Lipinski definition) is 1. The van der Waals surface area contributed by atoms with E-state index in [-0.39, 0.29) is 12.3 Å². The third kappa shape index (κ3) is 3.27. The lowest BCUT2D eigenvalue weighted by molar-refractivity contribution is -0.115. The van der Waals surface area contributed by atoms with Crippen LogP contribution < -0.4 is 10.1 Å². The van der Waals surface area contributed by atoms with Crippen molar-refractivity contribution >= 4 is 22.5 Å². The highest BCUT2D eigenvalue weighted by atomic mass is 16.5. The van der Waals surface area contributed by atoms with E-state index in [0.29, 0.717) is 11.4 Å². The maximum absolute atomic E-state index is 12.7. The quantitative estimate of drug-likeness (QED) is 0.593. The highest BCUT2D eigenvalue weighted by molar-refractivity contribution is 5.97. The number of rotatable bonds is 5. The molecular formula is C20H19N5O2. The molecule has 1 N–H and O–H groups in total. The molecule has 7 heteroatoms. The SMILES string of the molecule is COc1ccc(-n2cnnc2)cc1NC(=O)Cc1cn(C)c2ccccc12. The maximum atomic E-state index is 12.7. The molecule has 4 rings (SSSR count). The van der Waals surface area contributed by atoms with Crippen molar-refractivity contribution in [3.8, 4) is 11.4 Å². The van der Waals surface area contributed by atoms with Crippen molar-refractivity contribution in [1.29, 1.82) is 0 Å². The van der Waals surface area contributed by atoms with Crippen LogP contribution in [-0.4, -0.2) is 32.3 Å². The Morgan fingerprint density at radius 1 is 1.15 bits per heavy atom. The van der Waals surface area contributed by atoms with Gasteiger partial charge in [0, 0.05) is 24.1 Å². The molecule has 2 heterocycles. The molecule has 0 aliphatic carbocycles. The predicted octanol–water partition coefficient (Wildman–Crippen LogP) is 2.95. The molecule has 0 unspecified atom stereocenters. The van der Waals surface area contributed by atoms with Gasteiger partial charge in [-0.2, -0.15) is 0 Å². The Bertz CT molecular complexity index is 1100. The molecule has 0 bridgehead atoms. The minimum atomic E-state index is -0.106.